The number of benzene rings is 3. The zero-order valence-electron chi connectivity index (χ0n) is 34.8. The maximum atomic E-state index is 14.3. The van der Waals surface area contributed by atoms with Gasteiger partial charge in [-0.3, -0.25) is 34.1 Å². The summed E-state index contributed by atoms with van der Waals surface area (Å²) in [7, 11) is 1.39. The number of ether oxygens (including phenoxy) is 9. The van der Waals surface area contributed by atoms with Gasteiger partial charge in [-0.25, -0.2) is 9.69 Å². The minimum absolute atomic E-state index is 0.00217. The average molecular weight is 880 g/mol. The Bertz CT molecular complexity index is 2240. The number of methoxy groups -OCH3 is 1. The number of carbonyl (C=O) groups is 6. The molecule has 0 radical (unpaired) electrons. The number of fused-ring (bicyclic) bond motifs is 2. The summed E-state index contributed by atoms with van der Waals surface area (Å²) in [4.78, 5) is 91.2. The van der Waals surface area contributed by atoms with Crippen LogP contribution in [0.25, 0.3) is 0 Å². The van der Waals surface area contributed by atoms with Gasteiger partial charge in [0.05, 0.1) is 29.3 Å². The molecule has 1 N–H and O–H groups in total. The van der Waals surface area contributed by atoms with Crippen molar-refractivity contribution in [2.24, 2.45) is 0 Å². The van der Waals surface area contributed by atoms with Crippen LogP contribution in [-0.2, 0) is 60.8 Å². The first-order chi connectivity index (χ1) is 30.1. The van der Waals surface area contributed by atoms with Crippen molar-refractivity contribution >= 4 is 47.3 Å². The summed E-state index contributed by atoms with van der Waals surface area (Å²) in [6.45, 7) is 3.17. The molecule has 2 fully saturated rings. The number of hydrogen-bond donors (Lipinski definition) is 1. The van der Waals surface area contributed by atoms with Gasteiger partial charge in [0.15, 0.2) is 29.9 Å². The number of carbonyl (C=O) groups excluding carboxylic acids is 6. The number of hydrogen-bond acceptors (Lipinski definition) is 18. The van der Waals surface area contributed by atoms with Crippen LogP contribution in [0.5, 0.6) is 17.2 Å². The third-order valence-electron chi connectivity index (χ3n) is 10.2. The molecule has 2 saturated heterocycles. The van der Waals surface area contributed by atoms with Crippen LogP contribution in [0.2, 0.25) is 0 Å². The zero-order valence-corrected chi connectivity index (χ0v) is 34.8. The van der Waals surface area contributed by atoms with Crippen LogP contribution in [0.15, 0.2) is 60.7 Å². The first kappa shape index (κ1) is 45.5. The Morgan fingerprint density at radius 3 is 2.17 bits per heavy atom. The largest absolute Gasteiger partial charge is 0.493 e. The number of para-hydroxylation sites is 1. The number of nitro groups is 1. The Morgan fingerprint density at radius 2 is 1.52 bits per heavy atom. The summed E-state index contributed by atoms with van der Waals surface area (Å²) in [5, 5.41) is 24.3. The highest BCUT2D eigenvalue weighted by atomic mass is 16.7. The van der Waals surface area contributed by atoms with Crippen molar-refractivity contribution in [3.8, 4) is 17.2 Å². The standard InChI is InChI=1S/C42H45N3O18/c1-22(46)56-21-34-36(59-23(2)47)37(60-24(3)48)38(61-25(4)49)41(62-34)63-35-27(13-9-14-29(35)45(53)54)20-58-42(52)44-31-18-33(57-19-26-11-7-6-8-12-26)32(55-5)17-28(31)39(50)43-16-10-15-30(43)40(44)51/h6-9,11-14,17-18,30,34,36-38,40-41,51H,10,15-16,19-21H2,1-5H3/t30?,34-,36+,37+,38-,40+,41?/m1/s1. The number of amides is 2. The van der Waals surface area contributed by atoms with Crippen molar-refractivity contribution in [3.05, 3.63) is 87.5 Å². The van der Waals surface area contributed by atoms with Crippen LogP contribution in [0.4, 0.5) is 16.2 Å². The molecule has 0 aliphatic carbocycles. The first-order valence-electron chi connectivity index (χ1n) is 19.6. The fraction of sp³-hybridized carbons (Fsp3) is 0.429. The van der Waals surface area contributed by atoms with Gasteiger partial charge in [-0.2, -0.15) is 0 Å². The number of nitro benzene ring substituents is 1. The summed E-state index contributed by atoms with van der Waals surface area (Å²) >= 11 is 0. The first-order valence-corrected chi connectivity index (χ1v) is 19.6. The van der Waals surface area contributed by atoms with E-state index in [1.54, 1.807) is 0 Å². The van der Waals surface area contributed by atoms with E-state index in [1.807, 2.05) is 30.3 Å². The molecule has 2 amide bonds. The molecule has 0 aromatic heterocycles. The van der Waals surface area contributed by atoms with Gasteiger partial charge >= 0.3 is 35.7 Å². The second-order valence-corrected chi connectivity index (χ2v) is 14.5. The van der Waals surface area contributed by atoms with Crippen molar-refractivity contribution in [1.29, 1.82) is 0 Å². The van der Waals surface area contributed by atoms with E-state index < -0.39 is 108 Å². The van der Waals surface area contributed by atoms with Crippen LogP contribution < -0.4 is 19.1 Å². The number of nitrogens with zero attached hydrogens (tertiary/aromatic N) is 3. The lowest BCUT2D eigenvalue weighted by Crippen LogP contribution is -2.63. The van der Waals surface area contributed by atoms with Gasteiger partial charge in [0.25, 0.3) is 5.91 Å². The topological polar surface area (TPSA) is 255 Å². The molecule has 6 rings (SSSR count). The Hall–Kier alpha value is -7.00. The van der Waals surface area contributed by atoms with Crippen molar-refractivity contribution in [2.75, 3.05) is 25.2 Å². The zero-order chi connectivity index (χ0) is 45.5. The maximum absolute atomic E-state index is 14.3. The molecule has 0 bridgehead atoms. The predicted molar refractivity (Wildman–Crippen MR) is 212 cm³/mol. The van der Waals surface area contributed by atoms with Crippen molar-refractivity contribution in [2.45, 2.75) is 96.7 Å². The van der Waals surface area contributed by atoms with E-state index in [9.17, 15) is 44.0 Å². The minimum Gasteiger partial charge on any atom is -0.493 e. The van der Waals surface area contributed by atoms with Gasteiger partial charge in [-0.1, -0.05) is 42.5 Å². The van der Waals surface area contributed by atoms with E-state index in [-0.39, 0.29) is 34.9 Å². The summed E-state index contributed by atoms with van der Waals surface area (Å²) in [6, 6.07) is 14.8. The maximum Gasteiger partial charge on any atom is 0.416 e. The van der Waals surface area contributed by atoms with Crippen LogP contribution in [0.1, 0.15) is 62.0 Å². The van der Waals surface area contributed by atoms with Crippen LogP contribution in [-0.4, -0.2) is 114 Å². The highest BCUT2D eigenvalue weighted by Gasteiger charge is 2.54. The van der Waals surface area contributed by atoms with Gasteiger partial charge < -0.3 is 52.6 Å². The molecule has 3 aliphatic heterocycles. The third kappa shape index (κ3) is 10.4. The number of rotatable bonds is 14. The monoisotopic (exact) mass is 879 g/mol. The average Bonchev–Trinajstić information content (AvgIpc) is 3.71. The van der Waals surface area contributed by atoms with Crippen molar-refractivity contribution in [1.82, 2.24) is 4.90 Å². The molecule has 3 heterocycles. The van der Waals surface area contributed by atoms with E-state index in [4.69, 9.17) is 42.6 Å². The van der Waals surface area contributed by atoms with E-state index in [0.717, 1.165) is 44.2 Å². The minimum atomic E-state index is -1.89. The second-order valence-electron chi connectivity index (χ2n) is 14.5. The lowest BCUT2D eigenvalue weighted by Gasteiger charge is -2.43. The Labute approximate surface area is 359 Å². The van der Waals surface area contributed by atoms with Gasteiger partial charge in [0.2, 0.25) is 18.1 Å². The molecular weight excluding hydrogens is 834 g/mol. The Kier molecular flexibility index (Phi) is 14.3. The van der Waals surface area contributed by atoms with E-state index in [2.05, 4.69) is 0 Å². The summed E-state index contributed by atoms with van der Waals surface area (Å²) in [6.07, 6.45) is -10.2. The summed E-state index contributed by atoms with van der Waals surface area (Å²) in [5.41, 5.74) is -0.0846. The number of aliphatic hydroxyl groups excluding tert-OH is 1. The number of esters is 4. The second kappa shape index (κ2) is 19.8. The van der Waals surface area contributed by atoms with Crippen molar-refractivity contribution < 1.29 is 81.4 Å². The molecule has 3 aromatic carbocycles. The smallest absolute Gasteiger partial charge is 0.416 e. The lowest BCUT2D eigenvalue weighted by molar-refractivity contribution is -0.387. The van der Waals surface area contributed by atoms with Crippen molar-refractivity contribution in [3.63, 3.8) is 0 Å². The lowest BCUT2D eigenvalue weighted by atomic mass is 9.98. The predicted octanol–water partition coefficient (Wildman–Crippen LogP) is 3.72. The van der Waals surface area contributed by atoms with E-state index >= 15 is 0 Å². The highest BCUT2D eigenvalue weighted by Crippen LogP contribution is 2.42. The van der Waals surface area contributed by atoms with Gasteiger partial charge in [0, 0.05) is 51.9 Å². The molecule has 21 heteroatoms. The molecule has 63 heavy (non-hydrogen) atoms. The van der Waals surface area contributed by atoms with Crippen LogP contribution in [0, 0.1) is 10.1 Å². The third-order valence-corrected chi connectivity index (χ3v) is 10.2. The number of anilines is 1. The fourth-order valence-electron chi connectivity index (χ4n) is 7.53. The van der Waals surface area contributed by atoms with Gasteiger partial charge in [0.1, 0.15) is 25.9 Å². The molecule has 0 saturated carbocycles. The molecule has 3 aliphatic rings. The van der Waals surface area contributed by atoms with Crippen LogP contribution in [0.3, 0.4) is 0 Å². The SMILES string of the molecule is COc1cc2c(cc1OCc1ccccc1)N(C(=O)OCc1cccc([N+](=O)[O-])c1OC1O[C@H](COC(C)=O)[C@H](OC(C)=O)[C@H](OC(C)=O)[C@H]1OC(C)=O)[C@@H](O)C1CCCN1C2=O. The molecule has 0 spiro atoms. The Morgan fingerprint density at radius 1 is 0.841 bits per heavy atom. The Balaban J connectivity index is 1.36. The summed E-state index contributed by atoms with van der Waals surface area (Å²) < 4.78 is 50.9. The summed E-state index contributed by atoms with van der Waals surface area (Å²) in [5.74, 6) is -4.25. The van der Waals surface area contributed by atoms with Gasteiger partial charge in [-0.15, -0.1) is 0 Å². The molecule has 3 aromatic rings. The number of aliphatic hydroxyl groups is 1. The van der Waals surface area contributed by atoms with Crippen LogP contribution >= 0.6 is 0 Å². The molecular formula is C42H45N3O18. The molecule has 21 nitrogen and oxygen atoms in total. The van der Waals surface area contributed by atoms with E-state index in [0.29, 0.717) is 19.4 Å². The fourth-order valence-corrected chi connectivity index (χ4v) is 7.53. The molecule has 336 valence electrons. The molecule has 2 unspecified atom stereocenters. The van der Waals surface area contributed by atoms with Gasteiger partial charge in [-0.05, 0) is 24.5 Å². The normalized spacial score (nSPS) is 22.6. The van der Waals surface area contributed by atoms with E-state index in [1.165, 1.54) is 36.3 Å². The quantitative estimate of drug-likeness (QED) is 0.105. The highest BCUT2D eigenvalue weighted by molar-refractivity contribution is 6.06. The molecule has 7 atom stereocenters.